The lowest BCUT2D eigenvalue weighted by Crippen LogP contribution is -2.20. The summed E-state index contributed by atoms with van der Waals surface area (Å²) in [5.41, 5.74) is 2.34. The summed E-state index contributed by atoms with van der Waals surface area (Å²) >= 11 is 0. The Kier molecular flexibility index (Phi) is 8.15. The first-order valence-electron chi connectivity index (χ1n) is 8.73. The van der Waals surface area contributed by atoms with E-state index in [0.717, 1.165) is 36.3 Å². The molecule has 0 saturated carbocycles. The van der Waals surface area contributed by atoms with Gasteiger partial charge in [0.1, 0.15) is 0 Å². The first kappa shape index (κ1) is 19.5. The predicted octanol–water partition coefficient (Wildman–Crippen LogP) is 5.15. The third-order valence-corrected chi connectivity index (χ3v) is 4.22. The van der Waals surface area contributed by atoms with Crippen molar-refractivity contribution in [2.75, 3.05) is 14.2 Å². The van der Waals surface area contributed by atoms with Gasteiger partial charge in [0.05, 0.1) is 20.3 Å². The van der Waals surface area contributed by atoms with Crippen molar-refractivity contribution in [1.82, 2.24) is 0 Å². The molecule has 1 rings (SSSR count). The average Bonchev–Trinajstić information content (AvgIpc) is 2.52. The van der Waals surface area contributed by atoms with Crippen molar-refractivity contribution in [2.45, 2.75) is 59.9 Å². The molecule has 3 heteroatoms. The Morgan fingerprint density at radius 3 is 2.17 bits per heavy atom. The molecule has 0 radical (unpaired) electrons. The van der Waals surface area contributed by atoms with E-state index >= 15 is 0 Å². The van der Waals surface area contributed by atoms with Gasteiger partial charge < -0.3 is 9.47 Å². The van der Waals surface area contributed by atoms with Crippen molar-refractivity contribution < 1.29 is 9.47 Å². The largest absolute Gasteiger partial charge is 0.493 e. The zero-order chi connectivity index (χ0) is 17.4. The highest BCUT2D eigenvalue weighted by Crippen LogP contribution is 2.34. The maximum absolute atomic E-state index is 5.62. The summed E-state index contributed by atoms with van der Waals surface area (Å²) in [4.78, 5) is 4.87. The normalized spacial score (nSPS) is 11.9. The molecular formula is C20H33NO2. The van der Waals surface area contributed by atoms with Crippen molar-refractivity contribution in [3.63, 3.8) is 0 Å². The fourth-order valence-corrected chi connectivity index (χ4v) is 3.02. The molecule has 0 amide bonds. The molecule has 0 N–H and O–H groups in total. The van der Waals surface area contributed by atoms with E-state index in [1.807, 2.05) is 12.3 Å². The summed E-state index contributed by atoms with van der Waals surface area (Å²) in [5, 5.41) is 0. The van der Waals surface area contributed by atoms with Crippen LogP contribution in [0.15, 0.2) is 17.1 Å². The Bertz CT molecular complexity index is 499. The molecule has 0 atom stereocenters. The van der Waals surface area contributed by atoms with Gasteiger partial charge >= 0.3 is 0 Å². The average molecular weight is 319 g/mol. The van der Waals surface area contributed by atoms with Gasteiger partial charge in [0.25, 0.3) is 0 Å². The van der Waals surface area contributed by atoms with Crippen LogP contribution in [0.3, 0.4) is 0 Å². The highest BCUT2D eigenvalue weighted by atomic mass is 16.5. The van der Waals surface area contributed by atoms with E-state index in [9.17, 15) is 0 Å². The highest BCUT2D eigenvalue weighted by molar-refractivity contribution is 5.84. The lowest BCUT2D eigenvalue weighted by atomic mass is 9.93. The van der Waals surface area contributed by atoms with Crippen LogP contribution in [-0.2, 0) is 6.42 Å². The smallest absolute Gasteiger partial charge is 0.164 e. The molecule has 0 bridgehead atoms. The van der Waals surface area contributed by atoms with Crippen molar-refractivity contribution in [3.05, 3.63) is 23.3 Å². The summed E-state index contributed by atoms with van der Waals surface area (Å²) in [5.74, 6) is 2.70. The summed E-state index contributed by atoms with van der Waals surface area (Å²) in [6.45, 7) is 11.1. The van der Waals surface area contributed by atoms with Crippen LogP contribution in [0.2, 0.25) is 0 Å². The fourth-order valence-electron chi connectivity index (χ4n) is 3.02. The molecule has 0 fully saturated rings. The minimum absolute atomic E-state index is 0.335. The summed E-state index contributed by atoms with van der Waals surface area (Å²) in [6.07, 6.45) is 5.28. The van der Waals surface area contributed by atoms with Crippen LogP contribution in [0.25, 0.3) is 0 Å². The summed E-state index contributed by atoms with van der Waals surface area (Å²) < 4.78 is 11.1. The maximum Gasteiger partial charge on any atom is 0.164 e. The SMILES string of the molecule is CCCCc1c(C=NC(C(C)C)C(C)C)ccc(OC)c1OC. The number of unbranched alkanes of at least 4 members (excludes halogenated alkanes) is 1. The summed E-state index contributed by atoms with van der Waals surface area (Å²) in [7, 11) is 3.39. The Labute approximate surface area is 142 Å². The minimum atomic E-state index is 0.335. The number of ether oxygens (including phenoxy) is 2. The Morgan fingerprint density at radius 2 is 1.70 bits per heavy atom. The molecule has 0 aliphatic carbocycles. The van der Waals surface area contributed by atoms with E-state index in [4.69, 9.17) is 14.5 Å². The first-order chi connectivity index (χ1) is 11.0. The van der Waals surface area contributed by atoms with Crippen LogP contribution in [-0.4, -0.2) is 26.5 Å². The molecular weight excluding hydrogens is 286 g/mol. The number of rotatable bonds is 9. The molecule has 0 heterocycles. The van der Waals surface area contributed by atoms with E-state index in [2.05, 4.69) is 40.7 Å². The fraction of sp³-hybridized carbons (Fsp3) is 0.650. The second kappa shape index (κ2) is 9.59. The van der Waals surface area contributed by atoms with Gasteiger partial charge in [0.2, 0.25) is 0 Å². The molecule has 1 aromatic rings. The molecule has 0 aromatic heterocycles. The minimum Gasteiger partial charge on any atom is -0.493 e. The second-order valence-electron chi connectivity index (χ2n) is 6.73. The van der Waals surface area contributed by atoms with Crippen molar-refractivity contribution in [1.29, 1.82) is 0 Å². The molecule has 0 saturated heterocycles. The molecule has 0 aliphatic heterocycles. The van der Waals surface area contributed by atoms with Gasteiger partial charge in [-0.1, -0.05) is 41.0 Å². The number of methoxy groups -OCH3 is 2. The van der Waals surface area contributed by atoms with E-state index in [-0.39, 0.29) is 0 Å². The van der Waals surface area contributed by atoms with Crippen LogP contribution in [0, 0.1) is 11.8 Å². The third kappa shape index (κ3) is 5.26. The number of aliphatic imine (C=N–C) groups is 1. The Morgan fingerprint density at radius 1 is 1.04 bits per heavy atom. The van der Waals surface area contributed by atoms with Crippen LogP contribution in [0.5, 0.6) is 11.5 Å². The Hall–Kier alpha value is -1.51. The van der Waals surface area contributed by atoms with E-state index < -0.39 is 0 Å². The molecule has 3 nitrogen and oxygen atoms in total. The summed E-state index contributed by atoms with van der Waals surface area (Å²) in [6, 6.07) is 4.39. The molecule has 23 heavy (non-hydrogen) atoms. The zero-order valence-electron chi connectivity index (χ0n) is 15.8. The number of nitrogens with zero attached hydrogens (tertiary/aromatic N) is 1. The molecule has 0 unspecified atom stereocenters. The molecule has 130 valence electrons. The van der Waals surface area contributed by atoms with Crippen LogP contribution in [0.4, 0.5) is 0 Å². The molecule has 1 aromatic carbocycles. The molecule has 0 aliphatic rings. The van der Waals surface area contributed by atoms with E-state index in [1.165, 1.54) is 5.56 Å². The standard InChI is InChI=1S/C20H33NO2/c1-8-9-10-17-16(11-12-18(22-6)20(17)23-7)13-21-19(14(2)3)15(4)5/h11-15,19H,8-10H2,1-7H3. The van der Waals surface area contributed by atoms with Gasteiger partial charge in [0, 0.05) is 11.8 Å². The lowest BCUT2D eigenvalue weighted by molar-refractivity contribution is 0.351. The van der Waals surface area contributed by atoms with E-state index in [0.29, 0.717) is 17.9 Å². The van der Waals surface area contributed by atoms with Crippen molar-refractivity contribution in [2.24, 2.45) is 16.8 Å². The van der Waals surface area contributed by atoms with Gasteiger partial charge in [-0.05, 0) is 42.4 Å². The van der Waals surface area contributed by atoms with Gasteiger partial charge in [0.15, 0.2) is 11.5 Å². The van der Waals surface area contributed by atoms with Crippen LogP contribution < -0.4 is 9.47 Å². The monoisotopic (exact) mass is 319 g/mol. The first-order valence-corrected chi connectivity index (χ1v) is 8.73. The zero-order valence-corrected chi connectivity index (χ0v) is 15.8. The maximum atomic E-state index is 5.62. The predicted molar refractivity (Wildman–Crippen MR) is 99.2 cm³/mol. The van der Waals surface area contributed by atoms with Crippen LogP contribution >= 0.6 is 0 Å². The quantitative estimate of drug-likeness (QED) is 0.590. The Balaban J connectivity index is 3.23. The number of hydrogen-bond donors (Lipinski definition) is 0. The second-order valence-corrected chi connectivity index (χ2v) is 6.73. The van der Waals surface area contributed by atoms with Crippen molar-refractivity contribution in [3.8, 4) is 11.5 Å². The van der Waals surface area contributed by atoms with E-state index in [1.54, 1.807) is 14.2 Å². The number of benzene rings is 1. The highest BCUT2D eigenvalue weighted by Gasteiger charge is 2.17. The lowest BCUT2D eigenvalue weighted by Gasteiger charge is -2.21. The third-order valence-electron chi connectivity index (χ3n) is 4.22. The van der Waals surface area contributed by atoms with Gasteiger partial charge in [-0.15, -0.1) is 0 Å². The topological polar surface area (TPSA) is 30.8 Å². The van der Waals surface area contributed by atoms with Gasteiger partial charge in [-0.25, -0.2) is 0 Å². The van der Waals surface area contributed by atoms with Crippen LogP contribution in [0.1, 0.15) is 58.6 Å². The van der Waals surface area contributed by atoms with Crippen molar-refractivity contribution >= 4 is 6.21 Å². The van der Waals surface area contributed by atoms with Gasteiger partial charge in [-0.2, -0.15) is 0 Å². The van der Waals surface area contributed by atoms with Gasteiger partial charge in [-0.3, -0.25) is 4.99 Å². The molecule has 0 spiro atoms. The number of hydrogen-bond acceptors (Lipinski definition) is 3.